The molecule has 0 amide bonds. The number of hydrogen-bond acceptors (Lipinski definition) is 6. The van der Waals surface area contributed by atoms with Crippen LogP contribution in [0.15, 0.2) is 121 Å². The van der Waals surface area contributed by atoms with Gasteiger partial charge in [-0.1, -0.05) is 123 Å². The Morgan fingerprint density at radius 2 is 0.768 bits per heavy atom. The van der Waals surface area contributed by atoms with Crippen molar-refractivity contribution in [3.8, 4) is 11.5 Å². The van der Waals surface area contributed by atoms with Crippen LogP contribution in [0.4, 0.5) is 0 Å². The third kappa shape index (κ3) is 6.25. The van der Waals surface area contributed by atoms with E-state index in [0.717, 1.165) is 65.0 Å². The molecule has 0 aliphatic heterocycles. The predicted molar refractivity (Wildman–Crippen MR) is 226 cm³/mol. The minimum Gasteiger partial charge on any atom is -0.489 e. The lowest BCUT2D eigenvalue weighted by atomic mass is 9.92. The van der Waals surface area contributed by atoms with Gasteiger partial charge in [-0.2, -0.15) is 0 Å². The molecule has 0 unspecified atom stereocenters. The van der Waals surface area contributed by atoms with Crippen molar-refractivity contribution >= 4 is 76.6 Å². The molecule has 0 saturated carbocycles. The zero-order valence-corrected chi connectivity index (χ0v) is 32.0. The van der Waals surface area contributed by atoms with Crippen LogP contribution in [0, 0.1) is 25.7 Å². The normalized spacial score (nSPS) is 12.9. The maximum atomic E-state index is 13.5. The molecule has 0 aromatic heterocycles. The Hall–Kier alpha value is -6.40. The van der Waals surface area contributed by atoms with E-state index in [1.54, 1.807) is 0 Å². The van der Waals surface area contributed by atoms with Crippen molar-refractivity contribution in [2.75, 3.05) is 26.4 Å². The largest absolute Gasteiger partial charge is 0.489 e. The van der Waals surface area contributed by atoms with Gasteiger partial charge >= 0.3 is 11.9 Å². The van der Waals surface area contributed by atoms with Crippen molar-refractivity contribution in [1.82, 2.24) is 0 Å². The number of esters is 2. The molecule has 0 spiro atoms. The van der Waals surface area contributed by atoms with Crippen LogP contribution in [0.1, 0.15) is 45.7 Å². The van der Waals surface area contributed by atoms with Crippen molar-refractivity contribution < 1.29 is 28.5 Å². The van der Waals surface area contributed by atoms with Gasteiger partial charge in [-0.3, -0.25) is 0 Å². The van der Waals surface area contributed by atoms with Crippen molar-refractivity contribution in [3.63, 3.8) is 0 Å². The summed E-state index contributed by atoms with van der Waals surface area (Å²) in [7, 11) is 0. The standard InChI is InChI=1S/C50H42O6/c1-29(27-55-49(51)41-23-19-37-15-13-33-7-5-9-35-17-21-39(41)45(37)43(33)35)25-53-47-31(3)11-12-32(4)48(47)54-26-30(2)28-56-50(52)42-24-20-38-16-14-34-8-6-10-36-18-22-40(42)46(38)44(34)36/h5-24,29-30H,25-28H2,1-4H3/t29-,30-/m1/s1. The van der Waals surface area contributed by atoms with Crippen LogP contribution < -0.4 is 9.47 Å². The summed E-state index contributed by atoms with van der Waals surface area (Å²) in [6.45, 7) is 9.05. The van der Waals surface area contributed by atoms with E-state index >= 15 is 0 Å². The van der Waals surface area contributed by atoms with Gasteiger partial charge in [-0.15, -0.1) is 0 Å². The van der Waals surface area contributed by atoms with Gasteiger partial charge in [0.25, 0.3) is 0 Å². The van der Waals surface area contributed by atoms with Crippen LogP contribution in [-0.2, 0) is 9.47 Å². The molecule has 6 heteroatoms. The first kappa shape index (κ1) is 35.3. The zero-order chi connectivity index (χ0) is 38.5. The van der Waals surface area contributed by atoms with Crippen molar-refractivity contribution in [1.29, 1.82) is 0 Å². The van der Waals surface area contributed by atoms with Crippen LogP contribution in [0.2, 0.25) is 0 Å². The third-order valence-corrected chi connectivity index (χ3v) is 11.0. The molecule has 0 saturated heterocycles. The van der Waals surface area contributed by atoms with E-state index in [2.05, 4.69) is 72.8 Å². The molecule has 0 fully saturated rings. The minimum atomic E-state index is -0.348. The maximum Gasteiger partial charge on any atom is 0.338 e. The molecule has 6 nitrogen and oxygen atoms in total. The van der Waals surface area contributed by atoms with Gasteiger partial charge in [0, 0.05) is 11.8 Å². The SMILES string of the molecule is Cc1ccc(C)c(OC[C@@H](C)COC(=O)c2ccc3ccc4cccc5ccc2c3c45)c1OC[C@@H](C)COC(=O)c1ccc2ccc3cccc4ccc1c2c34. The van der Waals surface area contributed by atoms with E-state index in [1.165, 1.54) is 10.8 Å². The Kier molecular flexibility index (Phi) is 9.05. The summed E-state index contributed by atoms with van der Waals surface area (Å²) in [5, 5.41) is 13.1. The van der Waals surface area contributed by atoms with E-state index in [-0.39, 0.29) is 37.0 Å². The lowest BCUT2D eigenvalue weighted by molar-refractivity contribution is 0.0397. The Balaban J connectivity index is 0.824. The molecule has 56 heavy (non-hydrogen) atoms. The molecule has 0 heterocycles. The van der Waals surface area contributed by atoms with E-state index in [9.17, 15) is 9.59 Å². The monoisotopic (exact) mass is 738 g/mol. The third-order valence-electron chi connectivity index (χ3n) is 11.0. The Morgan fingerprint density at radius 3 is 1.16 bits per heavy atom. The average molecular weight is 739 g/mol. The highest BCUT2D eigenvalue weighted by molar-refractivity contribution is 6.27. The second kappa shape index (κ2) is 14.3. The molecule has 9 aromatic rings. The highest BCUT2D eigenvalue weighted by atomic mass is 16.5. The first-order valence-electron chi connectivity index (χ1n) is 19.3. The van der Waals surface area contributed by atoms with E-state index in [4.69, 9.17) is 18.9 Å². The van der Waals surface area contributed by atoms with Crippen molar-refractivity contribution in [3.05, 3.63) is 144 Å². The van der Waals surface area contributed by atoms with Gasteiger partial charge in [0.1, 0.15) is 0 Å². The second-order valence-corrected chi connectivity index (χ2v) is 15.3. The molecule has 2 atom stereocenters. The Labute approximate surface area is 325 Å². The Morgan fingerprint density at radius 1 is 0.429 bits per heavy atom. The van der Waals surface area contributed by atoms with Crippen LogP contribution in [0.5, 0.6) is 11.5 Å². The highest BCUT2D eigenvalue weighted by Gasteiger charge is 2.21. The second-order valence-electron chi connectivity index (χ2n) is 15.3. The lowest BCUT2D eigenvalue weighted by Gasteiger charge is -2.21. The number of carbonyl (C=O) groups excluding carboxylic acids is 2. The smallest absolute Gasteiger partial charge is 0.338 e. The highest BCUT2D eigenvalue weighted by Crippen LogP contribution is 2.39. The fraction of sp³-hybridized carbons (Fsp3) is 0.200. The quantitative estimate of drug-likeness (QED) is 0.0918. The minimum absolute atomic E-state index is 0.0791. The van der Waals surface area contributed by atoms with Gasteiger partial charge in [0.05, 0.1) is 37.6 Å². The van der Waals surface area contributed by atoms with Gasteiger partial charge in [0.2, 0.25) is 0 Å². The first-order chi connectivity index (χ1) is 27.2. The number of carbonyl (C=O) groups is 2. The Bertz CT molecular complexity index is 2700. The number of ether oxygens (including phenoxy) is 4. The molecule has 0 bridgehead atoms. The summed E-state index contributed by atoms with van der Waals surface area (Å²) >= 11 is 0. The molecule has 0 N–H and O–H groups in total. The van der Waals surface area contributed by atoms with E-state index < -0.39 is 0 Å². The topological polar surface area (TPSA) is 71.1 Å². The number of aryl methyl sites for hydroxylation is 2. The summed E-state index contributed by atoms with van der Waals surface area (Å²) in [5.74, 6) is 0.466. The van der Waals surface area contributed by atoms with Gasteiger partial charge in [-0.05, 0) is 102 Å². The number of hydrogen-bond donors (Lipinski definition) is 0. The molecule has 0 aliphatic rings. The predicted octanol–water partition coefficient (Wildman–Crippen LogP) is 11.8. The van der Waals surface area contributed by atoms with E-state index in [1.807, 2.05) is 76.2 Å². The maximum absolute atomic E-state index is 13.5. The molecular formula is C50H42O6. The molecule has 0 aliphatic carbocycles. The molecular weight excluding hydrogens is 697 g/mol. The number of rotatable bonds is 12. The van der Waals surface area contributed by atoms with E-state index in [0.29, 0.717) is 35.8 Å². The first-order valence-corrected chi connectivity index (χ1v) is 19.3. The van der Waals surface area contributed by atoms with Crippen LogP contribution >= 0.6 is 0 Å². The van der Waals surface area contributed by atoms with Crippen LogP contribution in [-0.4, -0.2) is 38.4 Å². The summed E-state index contributed by atoms with van der Waals surface area (Å²) in [6.07, 6.45) is 0. The summed E-state index contributed by atoms with van der Waals surface area (Å²) in [4.78, 5) is 26.9. The van der Waals surface area contributed by atoms with Crippen LogP contribution in [0.3, 0.4) is 0 Å². The van der Waals surface area contributed by atoms with Crippen LogP contribution in [0.25, 0.3) is 64.6 Å². The molecule has 9 aromatic carbocycles. The lowest BCUT2D eigenvalue weighted by Crippen LogP contribution is -2.20. The zero-order valence-electron chi connectivity index (χ0n) is 32.0. The van der Waals surface area contributed by atoms with Gasteiger partial charge in [0.15, 0.2) is 11.5 Å². The van der Waals surface area contributed by atoms with Gasteiger partial charge < -0.3 is 18.9 Å². The number of benzene rings is 9. The summed E-state index contributed by atoms with van der Waals surface area (Å²) in [5.41, 5.74) is 3.00. The van der Waals surface area contributed by atoms with Crippen molar-refractivity contribution in [2.45, 2.75) is 27.7 Å². The fourth-order valence-corrected chi connectivity index (χ4v) is 8.08. The summed E-state index contributed by atoms with van der Waals surface area (Å²) < 4.78 is 24.5. The molecule has 278 valence electrons. The van der Waals surface area contributed by atoms with Crippen molar-refractivity contribution in [2.24, 2.45) is 11.8 Å². The molecule has 0 radical (unpaired) electrons. The fourth-order valence-electron chi connectivity index (χ4n) is 8.08. The van der Waals surface area contributed by atoms with Gasteiger partial charge in [-0.25, -0.2) is 9.59 Å². The summed E-state index contributed by atoms with van der Waals surface area (Å²) in [6, 6.07) is 40.9. The average Bonchev–Trinajstić information content (AvgIpc) is 3.22. The molecule has 9 rings (SSSR count).